The Morgan fingerprint density at radius 3 is 2.41 bits per heavy atom. The number of carboxylic acids is 1. The molecule has 1 aliphatic rings. The molecule has 1 heterocycles. The van der Waals surface area contributed by atoms with E-state index in [1.807, 2.05) is 6.92 Å². The summed E-state index contributed by atoms with van der Waals surface area (Å²) in [5.41, 5.74) is 0.912. The molecule has 1 aromatic carbocycles. The zero-order valence-electron chi connectivity index (χ0n) is 12.4. The fourth-order valence-corrected chi connectivity index (χ4v) is 3.95. The summed E-state index contributed by atoms with van der Waals surface area (Å²) >= 11 is 0. The Morgan fingerprint density at radius 2 is 1.86 bits per heavy atom. The highest BCUT2D eigenvalue weighted by Gasteiger charge is 2.41. The van der Waals surface area contributed by atoms with Crippen LogP contribution in [0.5, 0.6) is 0 Å². The molecular formula is C14H18N2O5S. The van der Waals surface area contributed by atoms with Crippen molar-refractivity contribution in [2.24, 2.45) is 0 Å². The fourth-order valence-electron chi connectivity index (χ4n) is 2.38. The van der Waals surface area contributed by atoms with Crippen LogP contribution >= 0.6 is 0 Å². The maximum absolute atomic E-state index is 12.7. The summed E-state index contributed by atoms with van der Waals surface area (Å²) in [4.78, 5) is 24.6. The summed E-state index contributed by atoms with van der Waals surface area (Å²) < 4.78 is 26.4. The van der Waals surface area contributed by atoms with Crippen molar-refractivity contribution >= 4 is 21.9 Å². The highest BCUT2D eigenvalue weighted by Crippen LogP contribution is 2.23. The highest BCUT2D eigenvalue weighted by molar-refractivity contribution is 7.89. The maximum Gasteiger partial charge on any atom is 0.305 e. The van der Waals surface area contributed by atoms with E-state index in [1.54, 1.807) is 12.1 Å². The predicted octanol–water partition coefficient (Wildman–Crippen LogP) is 0.301. The van der Waals surface area contributed by atoms with Crippen molar-refractivity contribution in [2.45, 2.75) is 24.3 Å². The van der Waals surface area contributed by atoms with Gasteiger partial charge in [0.2, 0.25) is 15.9 Å². The van der Waals surface area contributed by atoms with E-state index in [1.165, 1.54) is 24.1 Å². The third-order valence-electron chi connectivity index (χ3n) is 3.66. The number of hydrogen-bond donors (Lipinski definition) is 1. The summed E-state index contributed by atoms with van der Waals surface area (Å²) in [5, 5.41) is 8.97. The monoisotopic (exact) mass is 326 g/mol. The lowest BCUT2D eigenvalue weighted by molar-refractivity contribution is -0.145. The van der Waals surface area contributed by atoms with Gasteiger partial charge in [-0.1, -0.05) is 17.7 Å². The Morgan fingerprint density at radius 1 is 1.27 bits per heavy atom. The Labute approximate surface area is 129 Å². The van der Waals surface area contributed by atoms with E-state index in [4.69, 9.17) is 5.11 Å². The first kappa shape index (κ1) is 16.4. The molecule has 1 aliphatic heterocycles. The van der Waals surface area contributed by atoms with E-state index >= 15 is 0 Å². The van der Waals surface area contributed by atoms with Crippen LogP contribution in [0.1, 0.15) is 12.0 Å². The molecule has 120 valence electrons. The van der Waals surface area contributed by atoms with Crippen molar-refractivity contribution in [1.82, 2.24) is 9.21 Å². The van der Waals surface area contributed by atoms with Crippen LogP contribution in [0, 0.1) is 6.92 Å². The number of carboxylic acid groups (broad SMARTS) is 1. The Balaban J connectivity index is 2.40. The largest absolute Gasteiger partial charge is 0.481 e. The molecule has 1 fully saturated rings. The van der Waals surface area contributed by atoms with E-state index in [2.05, 4.69) is 0 Å². The number of amides is 1. The van der Waals surface area contributed by atoms with Gasteiger partial charge in [0.1, 0.15) is 6.04 Å². The molecule has 1 amide bonds. The van der Waals surface area contributed by atoms with E-state index < -0.39 is 34.4 Å². The molecule has 7 nitrogen and oxygen atoms in total. The molecule has 22 heavy (non-hydrogen) atoms. The average Bonchev–Trinajstić information content (AvgIpc) is 2.44. The summed E-state index contributed by atoms with van der Waals surface area (Å²) in [5.74, 6) is -1.71. The normalized spacial score (nSPS) is 20.2. The van der Waals surface area contributed by atoms with Crippen molar-refractivity contribution in [3.63, 3.8) is 0 Å². The minimum Gasteiger partial charge on any atom is -0.481 e. The second-order valence-electron chi connectivity index (χ2n) is 5.30. The van der Waals surface area contributed by atoms with Crippen LogP contribution in [0.2, 0.25) is 0 Å². The third kappa shape index (κ3) is 3.12. The topological polar surface area (TPSA) is 95.0 Å². The van der Waals surface area contributed by atoms with Crippen LogP contribution in [-0.4, -0.2) is 60.8 Å². The lowest BCUT2D eigenvalue weighted by Crippen LogP contribution is -2.58. The molecule has 1 N–H and O–H groups in total. The van der Waals surface area contributed by atoms with Gasteiger partial charge in [-0.3, -0.25) is 9.59 Å². The third-order valence-corrected chi connectivity index (χ3v) is 5.58. The van der Waals surface area contributed by atoms with Gasteiger partial charge < -0.3 is 10.0 Å². The molecule has 0 aromatic heterocycles. The number of piperazine rings is 1. The number of aliphatic carboxylic acids is 1. The number of hydrogen-bond acceptors (Lipinski definition) is 4. The number of carbonyl (C=O) groups excluding carboxylic acids is 1. The standard InChI is InChI=1S/C14H18N2O5S/c1-10-3-5-11(6-4-10)22(20,21)16-8-7-15(2)14(19)12(16)9-13(17)18/h3-6,12H,7-9H2,1-2H3,(H,17,18). The summed E-state index contributed by atoms with van der Waals surface area (Å²) in [6.45, 7) is 2.15. The zero-order valence-corrected chi connectivity index (χ0v) is 13.2. The highest BCUT2D eigenvalue weighted by atomic mass is 32.2. The minimum absolute atomic E-state index is 0.0610. The van der Waals surface area contributed by atoms with Crippen LogP contribution in [0.4, 0.5) is 0 Å². The zero-order chi connectivity index (χ0) is 16.5. The van der Waals surface area contributed by atoms with Crippen molar-refractivity contribution in [1.29, 1.82) is 0 Å². The van der Waals surface area contributed by atoms with Crippen LogP contribution in [0.3, 0.4) is 0 Å². The van der Waals surface area contributed by atoms with Gasteiger partial charge in [0.05, 0.1) is 11.3 Å². The minimum atomic E-state index is -3.91. The second-order valence-corrected chi connectivity index (χ2v) is 7.19. The van der Waals surface area contributed by atoms with Crippen molar-refractivity contribution in [2.75, 3.05) is 20.1 Å². The van der Waals surface area contributed by atoms with Gasteiger partial charge in [-0.25, -0.2) is 8.42 Å². The second kappa shape index (κ2) is 6.05. The molecule has 0 spiro atoms. The van der Waals surface area contributed by atoms with E-state index in [-0.39, 0.29) is 18.0 Å². The molecule has 1 aromatic rings. The first-order chi connectivity index (χ1) is 10.2. The first-order valence-corrected chi connectivity index (χ1v) is 8.23. The van der Waals surface area contributed by atoms with Gasteiger partial charge in [-0.05, 0) is 19.1 Å². The van der Waals surface area contributed by atoms with Gasteiger partial charge in [-0.15, -0.1) is 0 Å². The predicted molar refractivity (Wildman–Crippen MR) is 78.7 cm³/mol. The van der Waals surface area contributed by atoms with E-state index in [0.717, 1.165) is 9.87 Å². The Hall–Kier alpha value is -1.93. The Kier molecular flexibility index (Phi) is 4.52. The van der Waals surface area contributed by atoms with Crippen LogP contribution in [0.25, 0.3) is 0 Å². The first-order valence-electron chi connectivity index (χ1n) is 6.79. The number of aryl methyl sites for hydroxylation is 1. The quantitative estimate of drug-likeness (QED) is 0.859. The maximum atomic E-state index is 12.7. The van der Waals surface area contributed by atoms with Gasteiger partial charge in [0, 0.05) is 20.1 Å². The molecule has 0 saturated carbocycles. The van der Waals surface area contributed by atoms with Crippen LogP contribution in [0.15, 0.2) is 29.2 Å². The number of benzene rings is 1. The fraction of sp³-hybridized carbons (Fsp3) is 0.429. The molecule has 1 unspecified atom stereocenters. The van der Waals surface area contributed by atoms with Crippen molar-refractivity contribution < 1.29 is 23.1 Å². The van der Waals surface area contributed by atoms with Crippen LogP contribution < -0.4 is 0 Å². The molecule has 0 bridgehead atoms. The van der Waals surface area contributed by atoms with Gasteiger partial charge >= 0.3 is 5.97 Å². The van der Waals surface area contributed by atoms with E-state index in [0.29, 0.717) is 0 Å². The molecular weight excluding hydrogens is 308 g/mol. The van der Waals surface area contributed by atoms with Crippen LogP contribution in [-0.2, 0) is 19.6 Å². The number of nitrogens with zero attached hydrogens (tertiary/aromatic N) is 2. The number of sulfonamides is 1. The van der Waals surface area contributed by atoms with Gasteiger partial charge in [0.25, 0.3) is 0 Å². The number of rotatable bonds is 4. The molecule has 8 heteroatoms. The average molecular weight is 326 g/mol. The van der Waals surface area contributed by atoms with E-state index in [9.17, 15) is 18.0 Å². The van der Waals surface area contributed by atoms with Gasteiger partial charge in [0.15, 0.2) is 0 Å². The van der Waals surface area contributed by atoms with Crippen molar-refractivity contribution in [3.8, 4) is 0 Å². The molecule has 1 saturated heterocycles. The smallest absolute Gasteiger partial charge is 0.305 e. The summed E-state index contributed by atoms with van der Waals surface area (Å²) in [6.07, 6.45) is -0.547. The number of likely N-dealkylation sites (N-methyl/N-ethyl adjacent to an activating group) is 1. The molecule has 0 aliphatic carbocycles. The molecule has 2 rings (SSSR count). The SMILES string of the molecule is Cc1ccc(S(=O)(=O)N2CCN(C)C(=O)C2CC(=O)O)cc1. The lowest BCUT2D eigenvalue weighted by atomic mass is 10.1. The number of carbonyl (C=O) groups is 2. The summed E-state index contributed by atoms with van der Waals surface area (Å²) in [6, 6.07) is 5.05. The lowest BCUT2D eigenvalue weighted by Gasteiger charge is -2.37. The molecule has 0 radical (unpaired) electrons. The Bertz CT molecular complexity index is 684. The summed E-state index contributed by atoms with van der Waals surface area (Å²) in [7, 11) is -2.37. The van der Waals surface area contributed by atoms with Crippen molar-refractivity contribution in [3.05, 3.63) is 29.8 Å². The molecule has 1 atom stereocenters. The van der Waals surface area contributed by atoms with Gasteiger partial charge in [-0.2, -0.15) is 4.31 Å².